The van der Waals surface area contributed by atoms with Gasteiger partial charge in [-0.15, -0.1) is 11.3 Å². The summed E-state index contributed by atoms with van der Waals surface area (Å²) in [7, 11) is 0. The number of fused-ring (bicyclic) bond motifs is 1. The molecule has 23 heavy (non-hydrogen) atoms. The summed E-state index contributed by atoms with van der Waals surface area (Å²) in [6.45, 7) is 6.47. The van der Waals surface area contributed by atoms with Crippen molar-refractivity contribution < 1.29 is 14.3 Å². The van der Waals surface area contributed by atoms with Gasteiger partial charge in [0.05, 0.1) is 28.5 Å². The van der Waals surface area contributed by atoms with Gasteiger partial charge in [0.15, 0.2) is 11.5 Å². The molecule has 0 fully saturated rings. The fourth-order valence-electron chi connectivity index (χ4n) is 2.16. The highest BCUT2D eigenvalue weighted by atomic mass is 32.1. The molecule has 0 aliphatic carbocycles. The number of benzene rings is 1. The number of anilines is 2. The van der Waals surface area contributed by atoms with Crippen molar-refractivity contribution in [3.63, 3.8) is 0 Å². The Morgan fingerprint density at radius 2 is 2.04 bits per heavy atom. The van der Waals surface area contributed by atoms with E-state index in [-0.39, 0.29) is 24.5 Å². The largest absolute Gasteiger partial charge is 0.454 e. The molecule has 3 N–H and O–H groups in total. The van der Waals surface area contributed by atoms with E-state index in [2.05, 4.69) is 31.1 Å². The summed E-state index contributed by atoms with van der Waals surface area (Å²) in [4.78, 5) is 16.7. The molecule has 0 spiro atoms. The van der Waals surface area contributed by atoms with Crippen LogP contribution in [0.3, 0.4) is 0 Å². The van der Waals surface area contributed by atoms with E-state index in [1.54, 1.807) is 23.5 Å². The van der Waals surface area contributed by atoms with Crippen LogP contribution in [-0.4, -0.2) is 17.7 Å². The maximum atomic E-state index is 12.2. The molecule has 6 nitrogen and oxygen atoms in total. The third-order valence-electron chi connectivity index (χ3n) is 3.35. The molecule has 3 rings (SSSR count). The molecule has 0 radical (unpaired) electrons. The third kappa shape index (κ3) is 3.39. The van der Waals surface area contributed by atoms with Gasteiger partial charge in [-0.2, -0.15) is 0 Å². The van der Waals surface area contributed by atoms with Gasteiger partial charge in [0.1, 0.15) is 0 Å². The summed E-state index contributed by atoms with van der Waals surface area (Å²) in [6.07, 6.45) is 0.209. The molecule has 1 aromatic heterocycles. The van der Waals surface area contributed by atoms with Crippen molar-refractivity contribution in [2.24, 2.45) is 0 Å². The Morgan fingerprint density at radius 3 is 2.70 bits per heavy atom. The number of nitrogens with one attached hydrogen (secondary N) is 1. The predicted octanol–water partition coefficient (Wildman–Crippen LogP) is 2.93. The first-order chi connectivity index (χ1) is 10.8. The van der Waals surface area contributed by atoms with Crippen LogP contribution in [0.5, 0.6) is 11.5 Å². The van der Waals surface area contributed by atoms with Crippen molar-refractivity contribution in [2.45, 2.75) is 32.6 Å². The van der Waals surface area contributed by atoms with Crippen molar-refractivity contribution in [3.05, 3.63) is 28.2 Å². The summed E-state index contributed by atoms with van der Waals surface area (Å²) in [5.41, 5.74) is 7.64. The number of thiazole rings is 1. The fraction of sp³-hybridized carbons (Fsp3) is 0.375. The van der Waals surface area contributed by atoms with Crippen LogP contribution in [0.1, 0.15) is 31.5 Å². The van der Waals surface area contributed by atoms with Crippen LogP contribution in [0, 0.1) is 0 Å². The van der Waals surface area contributed by atoms with Crippen molar-refractivity contribution in [1.29, 1.82) is 0 Å². The molecule has 2 heterocycles. The normalized spacial score (nSPS) is 13.2. The summed E-state index contributed by atoms with van der Waals surface area (Å²) in [5, 5.41) is 5.74. The van der Waals surface area contributed by atoms with Crippen LogP contribution < -0.4 is 20.5 Å². The van der Waals surface area contributed by atoms with Crippen LogP contribution in [0.4, 0.5) is 11.4 Å². The van der Waals surface area contributed by atoms with Crippen LogP contribution in [0.25, 0.3) is 0 Å². The number of ether oxygens (including phenoxy) is 2. The van der Waals surface area contributed by atoms with Crippen LogP contribution in [0.2, 0.25) is 0 Å². The van der Waals surface area contributed by atoms with Gasteiger partial charge < -0.3 is 20.5 Å². The van der Waals surface area contributed by atoms with E-state index in [0.29, 0.717) is 22.9 Å². The number of hydrogen-bond donors (Lipinski definition) is 2. The van der Waals surface area contributed by atoms with E-state index in [0.717, 1.165) is 10.7 Å². The van der Waals surface area contributed by atoms with E-state index in [9.17, 15) is 4.79 Å². The van der Waals surface area contributed by atoms with Crippen LogP contribution >= 0.6 is 11.3 Å². The van der Waals surface area contributed by atoms with Gasteiger partial charge in [-0.3, -0.25) is 4.79 Å². The molecule has 2 aromatic rings. The number of amides is 1. The lowest BCUT2D eigenvalue weighted by molar-refractivity contribution is -0.115. The fourth-order valence-corrected chi connectivity index (χ4v) is 3.06. The number of carbonyl (C=O) groups excluding carboxylic acids is 1. The Hall–Kier alpha value is -2.28. The molecule has 1 aliphatic heterocycles. The highest BCUT2D eigenvalue weighted by Crippen LogP contribution is 2.38. The minimum atomic E-state index is -0.165. The Morgan fingerprint density at radius 1 is 1.35 bits per heavy atom. The highest BCUT2D eigenvalue weighted by molar-refractivity contribution is 7.09. The number of carbonyl (C=O) groups is 1. The van der Waals surface area contributed by atoms with E-state index in [4.69, 9.17) is 15.2 Å². The van der Waals surface area contributed by atoms with Crippen molar-refractivity contribution in [1.82, 2.24) is 4.98 Å². The zero-order valence-electron chi connectivity index (χ0n) is 13.3. The summed E-state index contributed by atoms with van der Waals surface area (Å²) in [5.74, 6) is 1.01. The SMILES string of the molecule is CC(C)(C)c1nc(CC(=O)Nc2cc3c(cc2N)OCO3)cs1. The van der Waals surface area contributed by atoms with Gasteiger partial charge in [-0.25, -0.2) is 4.98 Å². The number of nitrogen functional groups attached to an aromatic ring is 1. The van der Waals surface area contributed by atoms with E-state index >= 15 is 0 Å². The Bertz CT molecular complexity index is 750. The van der Waals surface area contributed by atoms with Crippen molar-refractivity contribution >= 4 is 28.6 Å². The molecule has 1 amide bonds. The summed E-state index contributed by atoms with van der Waals surface area (Å²) >= 11 is 1.57. The molecule has 122 valence electrons. The van der Waals surface area contributed by atoms with Gasteiger partial charge in [0.25, 0.3) is 0 Å². The monoisotopic (exact) mass is 333 g/mol. The highest BCUT2D eigenvalue weighted by Gasteiger charge is 2.20. The molecule has 0 atom stereocenters. The lowest BCUT2D eigenvalue weighted by Gasteiger charge is -2.13. The third-order valence-corrected chi connectivity index (χ3v) is 4.67. The molecule has 0 unspecified atom stereocenters. The second-order valence-electron chi connectivity index (χ2n) is 6.41. The Balaban J connectivity index is 1.69. The van der Waals surface area contributed by atoms with Gasteiger partial charge in [0, 0.05) is 22.9 Å². The number of nitrogens with two attached hydrogens (primary N) is 1. The van der Waals surface area contributed by atoms with Gasteiger partial charge >= 0.3 is 0 Å². The summed E-state index contributed by atoms with van der Waals surface area (Å²) < 4.78 is 10.5. The molecule has 1 aromatic carbocycles. The molecular weight excluding hydrogens is 314 g/mol. The molecule has 0 bridgehead atoms. The maximum absolute atomic E-state index is 12.2. The standard InChI is InChI=1S/C16H19N3O3S/c1-16(2,3)15-18-9(7-23-15)4-14(20)19-11-6-13-12(5-10(11)17)21-8-22-13/h5-7H,4,8,17H2,1-3H3,(H,19,20). The maximum Gasteiger partial charge on any atom is 0.231 e. The van der Waals surface area contributed by atoms with Crippen LogP contribution in [-0.2, 0) is 16.6 Å². The molecule has 1 aliphatic rings. The smallest absolute Gasteiger partial charge is 0.231 e. The minimum Gasteiger partial charge on any atom is -0.454 e. The minimum absolute atomic E-state index is 0.0128. The molecule has 0 saturated heterocycles. The van der Waals surface area contributed by atoms with Gasteiger partial charge in [-0.05, 0) is 0 Å². The second-order valence-corrected chi connectivity index (χ2v) is 7.27. The number of hydrogen-bond acceptors (Lipinski definition) is 6. The first-order valence-corrected chi connectivity index (χ1v) is 8.15. The number of nitrogens with zero attached hydrogens (tertiary/aromatic N) is 1. The van der Waals surface area contributed by atoms with Gasteiger partial charge in [-0.1, -0.05) is 20.8 Å². The van der Waals surface area contributed by atoms with Crippen molar-refractivity contribution in [2.75, 3.05) is 17.8 Å². The Kier molecular flexibility index (Phi) is 3.89. The number of aromatic nitrogens is 1. The topological polar surface area (TPSA) is 86.5 Å². The zero-order valence-corrected chi connectivity index (χ0v) is 14.1. The molecule has 7 heteroatoms. The van der Waals surface area contributed by atoms with E-state index in [1.165, 1.54) is 0 Å². The Labute approximate surface area is 138 Å². The quantitative estimate of drug-likeness (QED) is 0.843. The predicted molar refractivity (Wildman–Crippen MR) is 90.1 cm³/mol. The molecule has 0 saturated carbocycles. The number of rotatable bonds is 3. The van der Waals surface area contributed by atoms with E-state index in [1.807, 2.05) is 5.38 Å². The first kappa shape index (κ1) is 15.6. The second kappa shape index (κ2) is 5.73. The average molecular weight is 333 g/mol. The van der Waals surface area contributed by atoms with Crippen LogP contribution in [0.15, 0.2) is 17.5 Å². The average Bonchev–Trinajstić information content (AvgIpc) is 3.07. The lowest BCUT2D eigenvalue weighted by atomic mass is 9.98. The first-order valence-electron chi connectivity index (χ1n) is 7.27. The van der Waals surface area contributed by atoms with Crippen molar-refractivity contribution in [3.8, 4) is 11.5 Å². The summed E-state index contributed by atoms with van der Waals surface area (Å²) in [6, 6.07) is 3.33. The van der Waals surface area contributed by atoms with Gasteiger partial charge in [0.2, 0.25) is 12.7 Å². The lowest BCUT2D eigenvalue weighted by Crippen LogP contribution is -2.16. The zero-order chi connectivity index (χ0) is 16.6. The molecular formula is C16H19N3O3S. The van der Waals surface area contributed by atoms with E-state index < -0.39 is 0 Å².